The van der Waals surface area contributed by atoms with Crippen LogP contribution in [0.1, 0.15) is 29.2 Å². The van der Waals surface area contributed by atoms with Gasteiger partial charge < -0.3 is 15.3 Å². The predicted molar refractivity (Wildman–Crippen MR) is 94.7 cm³/mol. The number of aliphatic hydroxyl groups is 1. The fourth-order valence-corrected chi connectivity index (χ4v) is 3.37. The van der Waals surface area contributed by atoms with Gasteiger partial charge in [0.15, 0.2) is 0 Å². The lowest BCUT2D eigenvalue weighted by Crippen LogP contribution is -2.41. The monoisotopic (exact) mass is 324 g/mol. The number of carbonyl (C=O) groups is 1. The van der Waals surface area contributed by atoms with E-state index in [-0.39, 0.29) is 18.6 Å². The lowest BCUT2D eigenvalue weighted by molar-refractivity contribution is -0.133. The molecule has 24 heavy (non-hydrogen) atoms. The summed E-state index contributed by atoms with van der Waals surface area (Å²) in [4.78, 5) is 14.8. The molecule has 1 aliphatic rings. The van der Waals surface area contributed by atoms with Gasteiger partial charge >= 0.3 is 0 Å². The Labute approximate surface area is 143 Å². The maximum absolute atomic E-state index is 12.8. The number of hydrogen-bond acceptors (Lipinski definition) is 3. The van der Waals surface area contributed by atoms with Crippen molar-refractivity contribution in [2.75, 3.05) is 26.2 Å². The van der Waals surface area contributed by atoms with E-state index in [2.05, 4.69) is 35.6 Å². The minimum absolute atomic E-state index is 0.0125. The maximum atomic E-state index is 12.8. The zero-order valence-electron chi connectivity index (χ0n) is 13.8. The highest BCUT2D eigenvalue weighted by molar-refractivity contribution is 5.78. The van der Waals surface area contributed by atoms with Crippen LogP contribution < -0.4 is 5.32 Å². The van der Waals surface area contributed by atoms with Crippen LogP contribution in [0.15, 0.2) is 54.6 Å². The van der Waals surface area contributed by atoms with Crippen LogP contribution in [0.25, 0.3) is 0 Å². The van der Waals surface area contributed by atoms with Gasteiger partial charge in [0, 0.05) is 26.1 Å². The lowest BCUT2D eigenvalue weighted by atomic mass is 9.88. The summed E-state index contributed by atoms with van der Waals surface area (Å²) in [5, 5.41) is 11.9. The van der Waals surface area contributed by atoms with Crippen molar-refractivity contribution in [2.24, 2.45) is 0 Å². The molecule has 0 saturated carbocycles. The van der Waals surface area contributed by atoms with Gasteiger partial charge in [-0.2, -0.15) is 0 Å². The molecule has 0 fully saturated rings. The Hall–Kier alpha value is -2.17. The van der Waals surface area contributed by atoms with E-state index in [9.17, 15) is 4.79 Å². The third kappa shape index (κ3) is 3.66. The summed E-state index contributed by atoms with van der Waals surface area (Å²) in [6.07, 6.45) is 1.35. The molecule has 4 heteroatoms. The van der Waals surface area contributed by atoms with Crippen molar-refractivity contribution in [2.45, 2.75) is 18.9 Å². The number of rotatable bonds is 6. The first-order chi connectivity index (χ1) is 11.8. The number of nitrogens with one attached hydrogen (secondary N) is 1. The minimum Gasteiger partial charge on any atom is -0.395 e. The van der Waals surface area contributed by atoms with E-state index in [4.69, 9.17) is 5.11 Å². The largest absolute Gasteiger partial charge is 0.395 e. The van der Waals surface area contributed by atoms with Gasteiger partial charge in [0.1, 0.15) is 0 Å². The number of hydrogen-bond donors (Lipinski definition) is 2. The molecule has 2 N–H and O–H groups in total. The number of aliphatic hydroxyl groups excluding tert-OH is 1. The van der Waals surface area contributed by atoms with Gasteiger partial charge in [0.2, 0.25) is 5.91 Å². The number of carbonyl (C=O) groups excluding carboxylic acids is 1. The quantitative estimate of drug-likeness (QED) is 0.801. The third-order valence-corrected chi connectivity index (χ3v) is 4.52. The zero-order chi connectivity index (χ0) is 16.8. The maximum Gasteiger partial charge on any atom is 0.224 e. The van der Waals surface area contributed by atoms with Gasteiger partial charge in [0.05, 0.1) is 12.6 Å². The number of nitrogens with zero attached hydrogens (tertiary/aromatic N) is 1. The summed E-state index contributed by atoms with van der Waals surface area (Å²) in [5.74, 6) is 0.156. The average Bonchev–Trinajstić information content (AvgIpc) is 2.65. The summed E-state index contributed by atoms with van der Waals surface area (Å²) in [5.41, 5.74) is 3.71. The lowest BCUT2D eigenvalue weighted by Gasteiger charge is -2.38. The fourth-order valence-electron chi connectivity index (χ4n) is 3.37. The summed E-state index contributed by atoms with van der Waals surface area (Å²) < 4.78 is 0. The molecule has 0 spiro atoms. The second-order valence-electron chi connectivity index (χ2n) is 6.07. The van der Waals surface area contributed by atoms with Crippen molar-refractivity contribution in [3.05, 3.63) is 71.3 Å². The Kier molecular flexibility index (Phi) is 5.62. The Morgan fingerprint density at radius 2 is 1.83 bits per heavy atom. The second-order valence-corrected chi connectivity index (χ2v) is 6.07. The van der Waals surface area contributed by atoms with E-state index in [1.165, 1.54) is 11.1 Å². The highest BCUT2D eigenvalue weighted by atomic mass is 16.3. The summed E-state index contributed by atoms with van der Waals surface area (Å²) >= 11 is 0. The van der Waals surface area contributed by atoms with Crippen molar-refractivity contribution >= 4 is 5.91 Å². The van der Waals surface area contributed by atoms with Gasteiger partial charge in [-0.05, 0) is 23.1 Å². The molecule has 3 rings (SSSR count). The van der Waals surface area contributed by atoms with Crippen LogP contribution in [0.5, 0.6) is 0 Å². The first-order valence-electron chi connectivity index (χ1n) is 8.55. The van der Waals surface area contributed by atoms with Gasteiger partial charge in [-0.3, -0.25) is 4.79 Å². The molecule has 4 nitrogen and oxygen atoms in total. The molecule has 0 bridgehead atoms. The van der Waals surface area contributed by atoms with E-state index in [0.29, 0.717) is 19.5 Å². The van der Waals surface area contributed by atoms with Crippen molar-refractivity contribution in [1.29, 1.82) is 0 Å². The Balaban J connectivity index is 1.84. The van der Waals surface area contributed by atoms with Crippen molar-refractivity contribution in [3.63, 3.8) is 0 Å². The fraction of sp³-hybridized carbons (Fsp3) is 0.350. The van der Waals surface area contributed by atoms with Crippen molar-refractivity contribution in [1.82, 2.24) is 10.2 Å². The first-order valence-corrected chi connectivity index (χ1v) is 8.55. The molecule has 1 aliphatic heterocycles. The normalized spacial score (nSPS) is 16.7. The number of amides is 1. The predicted octanol–water partition coefficient (Wildman–Crippen LogP) is 2.13. The first kappa shape index (κ1) is 16.7. The molecule has 0 aliphatic carbocycles. The van der Waals surface area contributed by atoms with Gasteiger partial charge in [-0.15, -0.1) is 0 Å². The summed E-state index contributed by atoms with van der Waals surface area (Å²) in [7, 11) is 0. The summed E-state index contributed by atoms with van der Waals surface area (Å²) in [6, 6.07) is 18.6. The molecular weight excluding hydrogens is 300 g/mol. The molecule has 1 heterocycles. The molecule has 1 atom stereocenters. The van der Waals surface area contributed by atoms with Crippen LogP contribution in [-0.2, 0) is 11.2 Å². The highest BCUT2D eigenvalue weighted by Crippen LogP contribution is 2.35. The van der Waals surface area contributed by atoms with Crippen LogP contribution in [0, 0.1) is 0 Å². The molecule has 126 valence electrons. The minimum atomic E-state index is -0.0125. The van der Waals surface area contributed by atoms with Crippen LogP contribution in [0.2, 0.25) is 0 Å². The number of benzene rings is 2. The molecular formula is C20H24N2O2. The highest BCUT2D eigenvalue weighted by Gasteiger charge is 2.31. The Morgan fingerprint density at radius 3 is 2.62 bits per heavy atom. The Morgan fingerprint density at radius 1 is 1.08 bits per heavy atom. The second kappa shape index (κ2) is 8.08. The van der Waals surface area contributed by atoms with E-state index in [0.717, 1.165) is 18.5 Å². The smallest absolute Gasteiger partial charge is 0.224 e. The molecule has 2 aromatic rings. The van der Waals surface area contributed by atoms with E-state index in [1.807, 2.05) is 29.2 Å². The van der Waals surface area contributed by atoms with Gasteiger partial charge in [0.25, 0.3) is 0 Å². The van der Waals surface area contributed by atoms with Crippen LogP contribution >= 0.6 is 0 Å². The molecule has 2 aromatic carbocycles. The Bertz CT molecular complexity index is 672. The van der Waals surface area contributed by atoms with Crippen molar-refractivity contribution < 1.29 is 9.90 Å². The third-order valence-electron chi connectivity index (χ3n) is 4.52. The van der Waals surface area contributed by atoms with Gasteiger partial charge in [-0.1, -0.05) is 54.6 Å². The molecule has 1 amide bonds. The van der Waals surface area contributed by atoms with Crippen LogP contribution in [0.4, 0.5) is 0 Å². The molecule has 0 radical (unpaired) electrons. The number of fused-ring (bicyclic) bond motifs is 1. The summed E-state index contributed by atoms with van der Waals surface area (Å²) in [6.45, 7) is 1.96. The standard InChI is InChI=1S/C20H24N2O2/c23-15-13-21-12-10-19(24)22-14-11-16-6-4-5-9-18(16)20(22)17-7-2-1-3-8-17/h1-9,20-21,23H,10-15H2/t20-/m0/s1. The topological polar surface area (TPSA) is 52.6 Å². The molecule has 0 saturated heterocycles. The molecule has 0 aromatic heterocycles. The average molecular weight is 324 g/mol. The van der Waals surface area contributed by atoms with Gasteiger partial charge in [-0.25, -0.2) is 0 Å². The van der Waals surface area contributed by atoms with Crippen molar-refractivity contribution in [3.8, 4) is 0 Å². The van der Waals surface area contributed by atoms with Crippen LogP contribution in [0.3, 0.4) is 0 Å². The molecule has 0 unspecified atom stereocenters. The van der Waals surface area contributed by atoms with Crippen LogP contribution in [-0.4, -0.2) is 42.2 Å². The SMILES string of the molecule is O=C(CCNCCO)N1CCc2ccccc2[C@@H]1c1ccccc1. The van der Waals surface area contributed by atoms with E-state index >= 15 is 0 Å². The zero-order valence-corrected chi connectivity index (χ0v) is 13.8. The van der Waals surface area contributed by atoms with E-state index in [1.54, 1.807) is 0 Å². The van der Waals surface area contributed by atoms with E-state index < -0.39 is 0 Å².